The lowest BCUT2D eigenvalue weighted by Gasteiger charge is -2.16. The van der Waals surface area contributed by atoms with Crippen LogP contribution in [0, 0.1) is 6.92 Å². The topological polar surface area (TPSA) is 50.4 Å². The largest absolute Gasteiger partial charge is 0.484 e. The molecule has 0 aliphatic heterocycles. The van der Waals surface area contributed by atoms with Gasteiger partial charge in [0, 0.05) is 11.4 Å². The van der Waals surface area contributed by atoms with Crippen LogP contribution in [-0.4, -0.2) is 24.7 Å². The Morgan fingerprint density at radius 1 is 1.12 bits per heavy atom. The molecule has 7 heteroatoms. The highest BCUT2D eigenvalue weighted by molar-refractivity contribution is 5.96. The summed E-state index contributed by atoms with van der Waals surface area (Å²) >= 11 is 0. The van der Waals surface area contributed by atoms with Crippen LogP contribution in [0.15, 0.2) is 48.5 Å². The predicted octanol–water partition coefficient (Wildman–Crippen LogP) is 4.38. The van der Waals surface area contributed by atoms with Crippen LogP contribution >= 0.6 is 0 Å². The molecule has 0 aliphatic carbocycles. The van der Waals surface area contributed by atoms with E-state index in [1.165, 1.54) is 12.1 Å². The zero-order chi connectivity index (χ0) is 18.4. The lowest BCUT2D eigenvalue weighted by molar-refractivity contribution is -0.153. The van der Waals surface area contributed by atoms with Crippen molar-refractivity contribution in [3.63, 3.8) is 0 Å². The van der Waals surface area contributed by atoms with Gasteiger partial charge in [0.05, 0.1) is 0 Å². The monoisotopic (exact) mass is 352 g/mol. The van der Waals surface area contributed by atoms with Crippen molar-refractivity contribution >= 4 is 17.3 Å². The highest BCUT2D eigenvalue weighted by Gasteiger charge is 2.28. The molecule has 0 aliphatic rings. The zero-order valence-corrected chi connectivity index (χ0v) is 13.9. The summed E-state index contributed by atoms with van der Waals surface area (Å²) in [5.74, 6) is -0.105. The number of halogens is 3. The summed E-state index contributed by atoms with van der Waals surface area (Å²) in [6.07, 6.45) is -4.38. The first-order valence-electron chi connectivity index (χ1n) is 7.67. The second-order valence-corrected chi connectivity index (χ2v) is 5.60. The number of alkyl halides is 3. The van der Waals surface area contributed by atoms with Crippen LogP contribution in [0.5, 0.6) is 5.75 Å². The standard InChI is InChI=1S/C18H19F3N2O2/c1-12-5-3-4-6-16(12)23-17(24)13(2)22-14-7-9-15(10-8-14)25-11-18(19,20)21/h3-10,13,22H,11H2,1-2H3,(H,23,24). The third-order valence-corrected chi connectivity index (χ3v) is 3.44. The van der Waals surface area contributed by atoms with Gasteiger partial charge in [-0.15, -0.1) is 0 Å². The molecule has 0 bridgehead atoms. The van der Waals surface area contributed by atoms with E-state index in [9.17, 15) is 18.0 Å². The number of hydrogen-bond donors (Lipinski definition) is 2. The van der Waals surface area contributed by atoms with Crippen LogP contribution in [-0.2, 0) is 4.79 Å². The van der Waals surface area contributed by atoms with E-state index < -0.39 is 18.8 Å². The van der Waals surface area contributed by atoms with Crippen molar-refractivity contribution < 1.29 is 22.7 Å². The molecule has 1 amide bonds. The molecule has 0 saturated carbocycles. The normalized spacial score (nSPS) is 12.4. The van der Waals surface area contributed by atoms with Crippen molar-refractivity contribution in [1.29, 1.82) is 0 Å². The fourth-order valence-corrected chi connectivity index (χ4v) is 2.08. The first-order chi connectivity index (χ1) is 11.7. The molecule has 25 heavy (non-hydrogen) atoms. The Labute approximate surface area is 144 Å². The Morgan fingerprint density at radius 2 is 1.76 bits per heavy atom. The van der Waals surface area contributed by atoms with Crippen molar-refractivity contribution in [1.82, 2.24) is 0 Å². The number of amides is 1. The van der Waals surface area contributed by atoms with Gasteiger partial charge in [0.2, 0.25) is 5.91 Å². The molecule has 4 nitrogen and oxygen atoms in total. The van der Waals surface area contributed by atoms with E-state index in [-0.39, 0.29) is 11.7 Å². The highest BCUT2D eigenvalue weighted by Crippen LogP contribution is 2.21. The van der Waals surface area contributed by atoms with E-state index in [1.807, 2.05) is 31.2 Å². The molecular formula is C18H19F3N2O2. The van der Waals surface area contributed by atoms with Crippen molar-refractivity contribution in [3.8, 4) is 5.75 Å². The summed E-state index contributed by atoms with van der Waals surface area (Å²) in [5.41, 5.74) is 2.29. The summed E-state index contributed by atoms with van der Waals surface area (Å²) in [6, 6.07) is 12.9. The van der Waals surface area contributed by atoms with Gasteiger partial charge in [0.25, 0.3) is 0 Å². The van der Waals surface area contributed by atoms with Crippen molar-refractivity contribution in [2.75, 3.05) is 17.2 Å². The Morgan fingerprint density at radius 3 is 2.36 bits per heavy atom. The number of benzene rings is 2. The number of anilines is 2. The molecule has 0 aromatic heterocycles. The first-order valence-corrected chi connectivity index (χ1v) is 7.67. The number of carbonyl (C=O) groups is 1. The minimum Gasteiger partial charge on any atom is -0.484 e. The Bertz CT molecular complexity index is 715. The number of ether oxygens (including phenoxy) is 1. The number of carbonyl (C=O) groups excluding carboxylic acids is 1. The van der Waals surface area contributed by atoms with Gasteiger partial charge in [-0.25, -0.2) is 0 Å². The molecule has 0 saturated heterocycles. The molecule has 2 aromatic rings. The van der Waals surface area contributed by atoms with Gasteiger partial charge in [0.15, 0.2) is 6.61 Å². The average Bonchev–Trinajstić information content (AvgIpc) is 2.55. The molecule has 134 valence electrons. The maximum absolute atomic E-state index is 12.2. The van der Waals surface area contributed by atoms with Crippen molar-refractivity contribution in [3.05, 3.63) is 54.1 Å². The maximum atomic E-state index is 12.2. The minimum atomic E-state index is -4.38. The quantitative estimate of drug-likeness (QED) is 0.811. The van der Waals surface area contributed by atoms with Crippen molar-refractivity contribution in [2.45, 2.75) is 26.1 Å². The molecule has 0 heterocycles. The van der Waals surface area contributed by atoms with Gasteiger partial charge in [-0.05, 0) is 49.7 Å². The fourth-order valence-electron chi connectivity index (χ4n) is 2.08. The zero-order valence-electron chi connectivity index (χ0n) is 13.9. The molecule has 0 spiro atoms. The second kappa shape index (κ2) is 7.92. The van der Waals surface area contributed by atoms with Gasteiger partial charge in [-0.2, -0.15) is 13.2 Å². The van der Waals surface area contributed by atoms with Crippen LogP contribution in [0.2, 0.25) is 0 Å². The van der Waals surface area contributed by atoms with Crippen LogP contribution in [0.25, 0.3) is 0 Å². The summed E-state index contributed by atoms with van der Waals surface area (Å²) in [4.78, 5) is 12.2. The molecule has 0 fully saturated rings. The van der Waals surface area contributed by atoms with Crippen LogP contribution < -0.4 is 15.4 Å². The fraction of sp³-hybridized carbons (Fsp3) is 0.278. The molecule has 1 unspecified atom stereocenters. The third-order valence-electron chi connectivity index (χ3n) is 3.44. The van der Waals surface area contributed by atoms with Crippen LogP contribution in [0.4, 0.5) is 24.5 Å². The maximum Gasteiger partial charge on any atom is 0.422 e. The summed E-state index contributed by atoms with van der Waals surface area (Å²) in [7, 11) is 0. The van der Waals surface area contributed by atoms with E-state index in [1.54, 1.807) is 19.1 Å². The lowest BCUT2D eigenvalue weighted by atomic mass is 10.2. The first kappa shape index (κ1) is 18.6. The minimum absolute atomic E-state index is 0.111. The lowest BCUT2D eigenvalue weighted by Crippen LogP contribution is -2.32. The SMILES string of the molecule is Cc1ccccc1NC(=O)C(C)Nc1ccc(OCC(F)(F)F)cc1. The third kappa shape index (κ3) is 6.02. The van der Waals surface area contributed by atoms with E-state index in [0.29, 0.717) is 5.69 Å². The average molecular weight is 352 g/mol. The molecule has 0 radical (unpaired) electrons. The van der Waals surface area contributed by atoms with Crippen LogP contribution in [0.1, 0.15) is 12.5 Å². The number of hydrogen-bond acceptors (Lipinski definition) is 3. The van der Waals surface area contributed by atoms with Gasteiger partial charge in [0.1, 0.15) is 11.8 Å². The highest BCUT2D eigenvalue weighted by atomic mass is 19.4. The summed E-state index contributed by atoms with van der Waals surface area (Å²) in [5, 5.41) is 5.82. The van der Waals surface area contributed by atoms with E-state index in [0.717, 1.165) is 11.3 Å². The predicted molar refractivity (Wildman–Crippen MR) is 90.9 cm³/mol. The number of para-hydroxylation sites is 1. The molecule has 2 N–H and O–H groups in total. The Kier molecular flexibility index (Phi) is 5.90. The smallest absolute Gasteiger partial charge is 0.422 e. The second-order valence-electron chi connectivity index (χ2n) is 5.60. The Hall–Kier alpha value is -2.70. The molecule has 2 aromatic carbocycles. The van der Waals surface area contributed by atoms with Crippen LogP contribution in [0.3, 0.4) is 0 Å². The molecule has 1 atom stereocenters. The molecule has 2 rings (SSSR count). The summed E-state index contributed by atoms with van der Waals surface area (Å²) in [6.45, 7) is 2.25. The number of rotatable bonds is 6. The number of nitrogens with one attached hydrogen (secondary N) is 2. The number of aryl methyl sites for hydroxylation is 1. The van der Waals surface area contributed by atoms with E-state index in [4.69, 9.17) is 0 Å². The van der Waals surface area contributed by atoms with Gasteiger partial charge >= 0.3 is 6.18 Å². The Balaban J connectivity index is 1.90. The van der Waals surface area contributed by atoms with Gasteiger partial charge in [-0.3, -0.25) is 4.79 Å². The molecular weight excluding hydrogens is 333 g/mol. The van der Waals surface area contributed by atoms with E-state index in [2.05, 4.69) is 15.4 Å². The van der Waals surface area contributed by atoms with Gasteiger partial charge < -0.3 is 15.4 Å². The van der Waals surface area contributed by atoms with Crippen molar-refractivity contribution in [2.24, 2.45) is 0 Å². The van der Waals surface area contributed by atoms with Gasteiger partial charge in [-0.1, -0.05) is 18.2 Å². The summed E-state index contributed by atoms with van der Waals surface area (Å²) < 4.78 is 41.0. The van der Waals surface area contributed by atoms with E-state index >= 15 is 0 Å².